The molecule has 0 amide bonds. The van der Waals surface area contributed by atoms with E-state index in [1.165, 1.54) is 31.2 Å². The molecule has 0 spiro atoms. The number of aryl methyl sites for hydroxylation is 1. The van der Waals surface area contributed by atoms with Crippen molar-refractivity contribution in [2.75, 3.05) is 32.8 Å². The van der Waals surface area contributed by atoms with Gasteiger partial charge in [-0.25, -0.2) is 0 Å². The molecule has 1 aromatic carbocycles. The monoisotopic (exact) mass is 319 g/mol. The van der Waals surface area contributed by atoms with E-state index in [0.29, 0.717) is 5.78 Å². The molecule has 1 saturated heterocycles. The number of benzene rings is 1. The Morgan fingerprint density at radius 3 is 2.61 bits per heavy atom. The lowest BCUT2D eigenvalue weighted by Gasteiger charge is -2.25. The maximum absolute atomic E-state index is 11.2. The van der Waals surface area contributed by atoms with Crippen LogP contribution in [0, 0.1) is 0 Å². The fraction of sp³-hybridized carbons (Fsp3) is 0.632. The van der Waals surface area contributed by atoms with Crippen molar-refractivity contribution in [2.24, 2.45) is 0 Å². The van der Waals surface area contributed by atoms with Gasteiger partial charge < -0.3 is 15.1 Å². The minimum absolute atomic E-state index is 0. The Morgan fingerprint density at radius 2 is 1.78 bits per heavy atom. The van der Waals surface area contributed by atoms with Gasteiger partial charge in [0.15, 0.2) is 0 Å². The minimum atomic E-state index is 0. The number of Topliss-reactive ketones (excluding diaryl/α,β-unsaturated/α-hetero) is 1. The predicted molar refractivity (Wildman–Crippen MR) is 91.9 cm³/mol. The van der Waals surface area contributed by atoms with E-state index in [-0.39, 0.29) is 5.48 Å². The summed E-state index contributed by atoms with van der Waals surface area (Å²) in [5.41, 5.74) is 4.63. The second-order valence-corrected chi connectivity index (χ2v) is 6.50. The zero-order valence-corrected chi connectivity index (χ0v) is 14.0. The Labute approximate surface area is 139 Å². The number of nitrogens with zero attached hydrogens (tertiary/aromatic N) is 1. The fourth-order valence-corrected chi connectivity index (χ4v) is 3.60. The number of ether oxygens (including phenoxy) is 1. The van der Waals surface area contributed by atoms with Crippen LogP contribution in [0.3, 0.4) is 0 Å². The van der Waals surface area contributed by atoms with E-state index in [4.69, 9.17) is 4.74 Å². The molecule has 0 aromatic heterocycles. The van der Waals surface area contributed by atoms with Gasteiger partial charge in [0, 0.05) is 32.5 Å². The van der Waals surface area contributed by atoms with Crippen LogP contribution in [0.5, 0.6) is 0 Å². The van der Waals surface area contributed by atoms with E-state index < -0.39 is 0 Å². The second kappa shape index (κ2) is 9.16. The van der Waals surface area contributed by atoms with Crippen molar-refractivity contribution in [3.8, 4) is 0 Å². The van der Waals surface area contributed by atoms with Gasteiger partial charge in [-0.3, -0.25) is 4.79 Å². The summed E-state index contributed by atoms with van der Waals surface area (Å²) in [5.74, 6) is 0.408. The molecule has 0 radical (unpaired) electrons. The van der Waals surface area contributed by atoms with E-state index >= 15 is 0 Å². The van der Waals surface area contributed by atoms with Crippen LogP contribution in [0.4, 0.5) is 0 Å². The molecule has 1 fully saturated rings. The number of ketones is 1. The number of likely N-dealkylation sites (tertiary alicyclic amines) is 1. The predicted octanol–water partition coefficient (Wildman–Crippen LogP) is 1.96. The summed E-state index contributed by atoms with van der Waals surface area (Å²) >= 11 is 0. The minimum Gasteiger partial charge on any atom is -0.412 e. The van der Waals surface area contributed by atoms with E-state index in [9.17, 15) is 4.79 Å². The first-order valence-electron chi connectivity index (χ1n) is 8.74. The van der Waals surface area contributed by atoms with Crippen molar-refractivity contribution in [2.45, 2.75) is 44.9 Å². The highest BCUT2D eigenvalue weighted by molar-refractivity contribution is 5.79. The first kappa shape index (κ1) is 18.1. The largest absolute Gasteiger partial charge is 0.412 e. The first-order valence-corrected chi connectivity index (χ1v) is 8.74. The molecule has 0 saturated carbocycles. The first-order chi connectivity index (χ1) is 10.8. The Hall–Kier alpha value is -1.23. The smallest absolute Gasteiger partial charge is 0.135 e. The van der Waals surface area contributed by atoms with Crippen LogP contribution < -0.4 is 0 Å². The standard InChI is InChI=1S/C19H27NO2.H2O/c21-18-8-11-20(12-9-18)13-15-22-14-10-17-6-3-5-16-4-1-2-7-19(16)17;/h3,5-6H,1-2,4,7-15H2;1H2. The van der Waals surface area contributed by atoms with Gasteiger partial charge in [-0.1, -0.05) is 18.2 Å². The number of rotatable bonds is 6. The van der Waals surface area contributed by atoms with E-state index in [0.717, 1.165) is 52.1 Å². The van der Waals surface area contributed by atoms with Crippen molar-refractivity contribution < 1.29 is 15.0 Å². The summed E-state index contributed by atoms with van der Waals surface area (Å²) in [6.07, 6.45) is 7.63. The summed E-state index contributed by atoms with van der Waals surface area (Å²) in [6.45, 7) is 4.37. The van der Waals surface area contributed by atoms with Gasteiger partial charge in [0.2, 0.25) is 0 Å². The molecule has 0 atom stereocenters. The molecule has 0 bridgehead atoms. The number of carbonyl (C=O) groups excluding carboxylic acids is 1. The molecule has 4 nitrogen and oxygen atoms in total. The van der Waals surface area contributed by atoms with Crippen molar-refractivity contribution in [1.29, 1.82) is 0 Å². The van der Waals surface area contributed by atoms with Gasteiger partial charge in [0.25, 0.3) is 0 Å². The highest BCUT2D eigenvalue weighted by Gasteiger charge is 2.15. The maximum Gasteiger partial charge on any atom is 0.135 e. The van der Waals surface area contributed by atoms with Crippen LogP contribution in [0.1, 0.15) is 42.4 Å². The summed E-state index contributed by atoms with van der Waals surface area (Å²) in [6, 6.07) is 6.75. The van der Waals surface area contributed by atoms with E-state index in [2.05, 4.69) is 23.1 Å². The summed E-state index contributed by atoms with van der Waals surface area (Å²) < 4.78 is 5.83. The van der Waals surface area contributed by atoms with Crippen LogP contribution in [0.25, 0.3) is 0 Å². The fourth-order valence-electron chi connectivity index (χ4n) is 3.60. The third-order valence-corrected chi connectivity index (χ3v) is 4.97. The molecule has 1 aromatic rings. The number of carbonyl (C=O) groups is 1. The molecule has 128 valence electrons. The van der Waals surface area contributed by atoms with Crippen LogP contribution in [-0.4, -0.2) is 49.0 Å². The van der Waals surface area contributed by atoms with Crippen LogP contribution in [0.15, 0.2) is 18.2 Å². The average molecular weight is 319 g/mol. The summed E-state index contributed by atoms with van der Waals surface area (Å²) in [4.78, 5) is 13.5. The van der Waals surface area contributed by atoms with Crippen molar-refractivity contribution in [1.82, 2.24) is 4.90 Å². The van der Waals surface area contributed by atoms with Crippen molar-refractivity contribution in [3.63, 3.8) is 0 Å². The number of hydrogen-bond acceptors (Lipinski definition) is 3. The third-order valence-electron chi connectivity index (χ3n) is 4.97. The topological polar surface area (TPSA) is 61.0 Å². The zero-order valence-electron chi connectivity index (χ0n) is 14.0. The van der Waals surface area contributed by atoms with Gasteiger partial charge in [0.1, 0.15) is 5.78 Å². The Morgan fingerprint density at radius 1 is 1.00 bits per heavy atom. The average Bonchev–Trinajstić information content (AvgIpc) is 2.56. The molecular weight excluding hydrogens is 290 g/mol. The molecule has 1 aliphatic carbocycles. The van der Waals surface area contributed by atoms with Gasteiger partial charge >= 0.3 is 0 Å². The molecule has 3 rings (SSSR count). The normalized spacial score (nSPS) is 18.3. The molecular formula is C19H29NO3. The van der Waals surface area contributed by atoms with E-state index in [1.807, 2.05) is 0 Å². The lowest BCUT2D eigenvalue weighted by atomic mass is 9.87. The lowest BCUT2D eigenvalue weighted by molar-refractivity contribution is -0.121. The van der Waals surface area contributed by atoms with Gasteiger partial charge in [-0.15, -0.1) is 0 Å². The SMILES string of the molecule is O.O=C1CCN(CCOCCc2cccc3c2CCCC3)CC1. The number of fused-ring (bicyclic) bond motifs is 1. The number of hydrogen-bond donors (Lipinski definition) is 0. The quantitative estimate of drug-likeness (QED) is 0.753. The molecule has 2 aliphatic rings. The summed E-state index contributed by atoms with van der Waals surface area (Å²) in [5, 5.41) is 0. The molecule has 2 N–H and O–H groups in total. The Balaban J connectivity index is 0.00000192. The molecule has 4 heteroatoms. The Kier molecular flexibility index (Phi) is 7.21. The van der Waals surface area contributed by atoms with Gasteiger partial charge in [-0.2, -0.15) is 0 Å². The second-order valence-electron chi connectivity index (χ2n) is 6.50. The van der Waals surface area contributed by atoms with Crippen molar-refractivity contribution >= 4 is 5.78 Å². The van der Waals surface area contributed by atoms with Gasteiger partial charge in [0.05, 0.1) is 13.2 Å². The zero-order chi connectivity index (χ0) is 15.2. The maximum atomic E-state index is 11.2. The molecule has 23 heavy (non-hydrogen) atoms. The van der Waals surface area contributed by atoms with Gasteiger partial charge in [-0.05, 0) is 48.8 Å². The molecule has 0 unspecified atom stereocenters. The lowest BCUT2D eigenvalue weighted by Crippen LogP contribution is -2.36. The van der Waals surface area contributed by atoms with Crippen molar-refractivity contribution in [3.05, 3.63) is 34.9 Å². The highest BCUT2D eigenvalue weighted by atomic mass is 16.5. The Bertz CT molecular complexity index is 505. The van der Waals surface area contributed by atoms with Crippen LogP contribution >= 0.6 is 0 Å². The van der Waals surface area contributed by atoms with E-state index in [1.54, 1.807) is 11.1 Å². The summed E-state index contributed by atoms with van der Waals surface area (Å²) in [7, 11) is 0. The van der Waals surface area contributed by atoms with Crippen LogP contribution in [-0.2, 0) is 28.8 Å². The number of piperidine rings is 1. The highest BCUT2D eigenvalue weighted by Crippen LogP contribution is 2.24. The third kappa shape index (κ3) is 5.13. The van der Waals surface area contributed by atoms with Crippen LogP contribution in [0.2, 0.25) is 0 Å². The molecule has 1 aliphatic heterocycles. The molecule has 1 heterocycles.